The van der Waals surface area contributed by atoms with E-state index in [0.717, 1.165) is 21.5 Å². The van der Waals surface area contributed by atoms with E-state index in [1.54, 1.807) is 0 Å². The largest absolute Gasteiger partial charge is 0.494 e. The third-order valence-electron chi connectivity index (χ3n) is 2.47. The number of rotatable bonds is 5. The summed E-state index contributed by atoms with van der Waals surface area (Å²) < 4.78 is 12.1. The smallest absolute Gasteiger partial charge is 0.133 e. The van der Waals surface area contributed by atoms with Gasteiger partial charge in [0, 0.05) is 0 Å². The first-order chi connectivity index (χ1) is 8.79. The average Bonchev–Trinajstić information content (AvgIpc) is 2.40. The first-order valence-electron chi connectivity index (χ1n) is 5.88. The molecule has 0 radical (unpaired) electrons. The lowest BCUT2D eigenvalue weighted by Crippen LogP contribution is -1.96. The van der Waals surface area contributed by atoms with Crippen molar-refractivity contribution in [3.63, 3.8) is 0 Å². The zero-order valence-corrected chi connectivity index (χ0v) is 11.8. The second-order valence-corrected chi connectivity index (χ2v) is 4.65. The molecule has 2 aromatic rings. The summed E-state index contributed by atoms with van der Waals surface area (Å²) in [5.74, 6) is 1.74. The minimum Gasteiger partial charge on any atom is -0.494 e. The van der Waals surface area contributed by atoms with Crippen molar-refractivity contribution in [1.29, 1.82) is 0 Å². The van der Waals surface area contributed by atoms with Crippen LogP contribution in [0.25, 0.3) is 0 Å². The van der Waals surface area contributed by atoms with E-state index >= 15 is 0 Å². The van der Waals surface area contributed by atoms with Gasteiger partial charge in [0.1, 0.15) is 18.1 Å². The van der Waals surface area contributed by atoms with Gasteiger partial charge in [0.15, 0.2) is 0 Å². The van der Waals surface area contributed by atoms with Gasteiger partial charge in [-0.25, -0.2) is 0 Å². The maximum atomic E-state index is 5.73. The third kappa shape index (κ3) is 3.50. The summed E-state index contributed by atoms with van der Waals surface area (Å²) in [6.07, 6.45) is 0. The van der Waals surface area contributed by atoms with E-state index in [4.69, 9.17) is 9.47 Å². The van der Waals surface area contributed by atoms with Crippen molar-refractivity contribution in [2.45, 2.75) is 13.5 Å². The lowest BCUT2D eigenvalue weighted by Gasteiger charge is -2.08. The number of hydrogen-bond acceptors (Lipinski definition) is 2. The van der Waals surface area contributed by atoms with Gasteiger partial charge in [-0.05, 0) is 52.7 Å². The van der Waals surface area contributed by atoms with Crippen molar-refractivity contribution < 1.29 is 9.47 Å². The lowest BCUT2D eigenvalue weighted by atomic mass is 10.2. The summed E-state index contributed by atoms with van der Waals surface area (Å²) in [5, 5.41) is 0. The van der Waals surface area contributed by atoms with Crippen LogP contribution in [-0.4, -0.2) is 6.61 Å². The van der Waals surface area contributed by atoms with Gasteiger partial charge in [-0.15, -0.1) is 0 Å². The highest BCUT2D eigenvalue weighted by Gasteiger charge is 2.00. The molecule has 2 nitrogen and oxygen atoms in total. The zero-order chi connectivity index (χ0) is 12.8. The van der Waals surface area contributed by atoms with Crippen LogP contribution < -0.4 is 9.47 Å². The molecule has 0 aromatic heterocycles. The number of benzene rings is 2. The Hall–Kier alpha value is -1.48. The summed E-state index contributed by atoms with van der Waals surface area (Å²) >= 11 is 3.46. The molecule has 2 rings (SSSR count). The molecule has 3 heteroatoms. The average molecular weight is 307 g/mol. The van der Waals surface area contributed by atoms with Crippen molar-refractivity contribution in [3.8, 4) is 11.5 Å². The maximum Gasteiger partial charge on any atom is 0.133 e. The normalized spacial score (nSPS) is 10.1. The predicted molar refractivity (Wildman–Crippen MR) is 76.1 cm³/mol. The first kappa shape index (κ1) is 13.0. The van der Waals surface area contributed by atoms with Crippen LogP contribution >= 0.6 is 15.9 Å². The van der Waals surface area contributed by atoms with E-state index in [2.05, 4.69) is 15.9 Å². The summed E-state index contributed by atoms with van der Waals surface area (Å²) in [4.78, 5) is 0. The van der Waals surface area contributed by atoms with Crippen molar-refractivity contribution >= 4 is 15.9 Å². The van der Waals surface area contributed by atoms with Gasteiger partial charge in [0.2, 0.25) is 0 Å². The van der Waals surface area contributed by atoms with Crippen molar-refractivity contribution in [2.24, 2.45) is 0 Å². The fourth-order valence-electron chi connectivity index (χ4n) is 1.57. The highest BCUT2D eigenvalue weighted by molar-refractivity contribution is 9.10. The summed E-state index contributed by atoms with van der Waals surface area (Å²) in [7, 11) is 0. The molecule has 2 aromatic carbocycles. The van der Waals surface area contributed by atoms with E-state index in [1.165, 1.54) is 0 Å². The monoisotopic (exact) mass is 306 g/mol. The van der Waals surface area contributed by atoms with Crippen LogP contribution in [0.4, 0.5) is 0 Å². The van der Waals surface area contributed by atoms with E-state index < -0.39 is 0 Å². The molecule has 0 heterocycles. The molecule has 0 aliphatic carbocycles. The Morgan fingerprint density at radius 2 is 1.67 bits per heavy atom. The Morgan fingerprint density at radius 1 is 0.944 bits per heavy atom. The van der Waals surface area contributed by atoms with Crippen LogP contribution in [0.1, 0.15) is 12.5 Å². The third-order valence-corrected chi connectivity index (χ3v) is 3.12. The fourth-order valence-corrected chi connectivity index (χ4v) is 1.97. The fraction of sp³-hybridized carbons (Fsp3) is 0.200. The van der Waals surface area contributed by atoms with Crippen molar-refractivity contribution in [2.75, 3.05) is 6.61 Å². The predicted octanol–water partition coefficient (Wildman–Crippen LogP) is 4.43. The molecule has 0 unspecified atom stereocenters. The van der Waals surface area contributed by atoms with Gasteiger partial charge in [0.25, 0.3) is 0 Å². The molecule has 94 valence electrons. The molecular weight excluding hydrogens is 292 g/mol. The van der Waals surface area contributed by atoms with Crippen LogP contribution in [0.5, 0.6) is 11.5 Å². The van der Waals surface area contributed by atoms with Crippen LogP contribution in [0.2, 0.25) is 0 Å². The minimum atomic E-state index is 0.551. The summed E-state index contributed by atoms with van der Waals surface area (Å²) in [5.41, 5.74) is 1.12. The second kappa shape index (κ2) is 6.45. The van der Waals surface area contributed by atoms with E-state index in [9.17, 15) is 0 Å². The molecule has 0 bridgehead atoms. The molecule has 0 saturated carbocycles. The van der Waals surface area contributed by atoms with E-state index in [-0.39, 0.29) is 0 Å². The molecule has 0 aliphatic rings. The van der Waals surface area contributed by atoms with Gasteiger partial charge >= 0.3 is 0 Å². The van der Waals surface area contributed by atoms with Crippen LogP contribution in [0, 0.1) is 0 Å². The summed E-state index contributed by atoms with van der Waals surface area (Å²) in [6.45, 7) is 3.21. The van der Waals surface area contributed by atoms with E-state index in [0.29, 0.717) is 13.2 Å². The number of ether oxygens (including phenoxy) is 2. The van der Waals surface area contributed by atoms with Crippen molar-refractivity contribution in [1.82, 2.24) is 0 Å². The standard InChI is InChI=1S/C15H15BrO2/c1-2-17-13-9-7-12(8-10-13)11-18-15-6-4-3-5-14(15)16/h3-10H,2,11H2,1H3. The zero-order valence-electron chi connectivity index (χ0n) is 10.2. The topological polar surface area (TPSA) is 18.5 Å². The molecule has 18 heavy (non-hydrogen) atoms. The Kier molecular flexibility index (Phi) is 4.65. The van der Waals surface area contributed by atoms with E-state index in [1.807, 2.05) is 55.5 Å². The quantitative estimate of drug-likeness (QED) is 0.813. The van der Waals surface area contributed by atoms with Gasteiger partial charge in [0.05, 0.1) is 11.1 Å². The second-order valence-electron chi connectivity index (χ2n) is 3.80. The molecule has 0 N–H and O–H groups in total. The SMILES string of the molecule is CCOc1ccc(COc2ccccc2Br)cc1. The molecule has 0 amide bonds. The van der Waals surface area contributed by atoms with Gasteiger partial charge < -0.3 is 9.47 Å². The minimum absolute atomic E-state index is 0.551. The molecule has 0 saturated heterocycles. The Morgan fingerprint density at radius 3 is 2.33 bits per heavy atom. The maximum absolute atomic E-state index is 5.73. The number of hydrogen-bond donors (Lipinski definition) is 0. The van der Waals surface area contributed by atoms with Crippen LogP contribution in [0.3, 0.4) is 0 Å². The summed E-state index contributed by atoms with van der Waals surface area (Å²) in [6, 6.07) is 15.8. The first-order valence-corrected chi connectivity index (χ1v) is 6.68. The molecule has 0 fully saturated rings. The highest BCUT2D eigenvalue weighted by atomic mass is 79.9. The Bertz CT molecular complexity index is 494. The van der Waals surface area contributed by atoms with Gasteiger partial charge in [-0.3, -0.25) is 0 Å². The molecule has 0 spiro atoms. The van der Waals surface area contributed by atoms with Gasteiger partial charge in [-0.1, -0.05) is 24.3 Å². The van der Waals surface area contributed by atoms with Crippen LogP contribution in [0.15, 0.2) is 53.0 Å². The molecule has 0 atom stereocenters. The van der Waals surface area contributed by atoms with Crippen LogP contribution in [-0.2, 0) is 6.61 Å². The van der Waals surface area contributed by atoms with Crippen molar-refractivity contribution in [3.05, 3.63) is 58.6 Å². The molecule has 0 aliphatic heterocycles. The Balaban J connectivity index is 1.96. The number of para-hydroxylation sites is 1. The van der Waals surface area contributed by atoms with Gasteiger partial charge in [-0.2, -0.15) is 0 Å². The Labute approximate surface area is 116 Å². The molecular formula is C15H15BrO2. The highest BCUT2D eigenvalue weighted by Crippen LogP contribution is 2.24. The lowest BCUT2D eigenvalue weighted by molar-refractivity contribution is 0.303. The number of halogens is 1.